The van der Waals surface area contributed by atoms with Crippen LogP contribution in [-0.2, 0) is 0 Å². The molecule has 0 N–H and O–H groups in total. The molecular weight excluding hydrogens is 328 g/mol. The summed E-state index contributed by atoms with van der Waals surface area (Å²) in [6.07, 6.45) is 5.59. The van der Waals surface area contributed by atoms with Crippen LogP contribution in [0.2, 0.25) is 0 Å². The number of hydrogen-bond acceptors (Lipinski definition) is 1. The highest BCUT2D eigenvalue weighted by atomic mass is 16.5. The van der Waals surface area contributed by atoms with Gasteiger partial charge in [0.05, 0.1) is 7.11 Å². The first-order chi connectivity index (χ1) is 12.6. The molecule has 0 aliphatic heterocycles. The molecule has 0 fully saturated rings. The van der Waals surface area contributed by atoms with Gasteiger partial charge in [-0.25, -0.2) is 0 Å². The van der Waals surface area contributed by atoms with Gasteiger partial charge in [-0.1, -0.05) is 54.0 Å². The second kappa shape index (κ2) is 9.28. The first kappa shape index (κ1) is 22.3. The summed E-state index contributed by atoms with van der Waals surface area (Å²) in [5.74, 6) is 3.40. The molecule has 0 aliphatic carbocycles. The maximum Gasteiger partial charge on any atom is 0.124 e. The fourth-order valence-corrected chi connectivity index (χ4v) is 3.47. The van der Waals surface area contributed by atoms with E-state index in [4.69, 9.17) is 11.2 Å². The maximum absolute atomic E-state index is 5.73. The Kier molecular flexibility index (Phi) is 7.68. The van der Waals surface area contributed by atoms with E-state index in [1.54, 1.807) is 7.11 Å². The number of rotatable bonds is 7. The second-order valence-electron chi connectivity index (χ2n) is 7.33. The van der Waals surface area contributed by atoms with Crippen molar-refractivity contribution in [3.63, 3.8) is 0 Å². The van der Waals surface area contributed by atoms with Crippen LogP contribution in [0.25, 0.3) is 0 Å². The SMILES string of the molecule is C#Cc1ccc(C(C(C(=C)C)=C(C)C)/C(C(=C)C)=C(\C)C(=C)C)c(OC)c1. The molecule has 0 saturated heterocycles. The highest BCUT2D eigenvalue weighted by molar-refractivity contribution is 5.60. The Morgan fingerprint density at radius 3 is 1.85 bits per heavy atom. The topological polar surface area (TPSA) is 9.23 Å². The number of hydrogen-bond donors (Lipinski definition) is 0. The Bertz CT molecular complexity index is 877. The first-order valence-electron chi connectivity index (χ1n) is 9.07. The molecule has 0 aromatic heterocycles. The molecule has 142 valence electrons. The molecule has 1 rings (SSSR count). The van der Waals surface area contributed by atoms with Crippen LogP contribution in [-0.4, -0.2) is 7.11 Å². The minimum atomic E-state index is -0.0523. The predicted octanol–water partition coefficient (Wildman–Crippen LogP) is 7.14. The van der Waals surface area contributed by atoms with Crippen molar-refractivity contribution in [2.45, 2.75) is 47.5 Å². The Morgan fingerprint density at radius 1 is 0.926 bits per heavy atom. The molecule has 0 amide bonds. The molecule has 1 aromatic rings. The van der Waals surface area contributed by atoms with Crippen molar-refractivity contribution in [3.05, 3.63) is 88.1 Å². The molecule has 1 atom stereocenters. The zero-order valence-corrected chi connectivity index (χ0v) is 17.9. The van der Waals surface area contributed by atoms with E-state index in [1.807, 2.05) is 32.9 Å². The van der Waals surface area contributed by atoms with Gasteiger partial charge in [0.1, 0.15) is 5.75 Å². The first-order valence-corrected chi connectivity index (χ1v) is 9.07. The van der Waals surface area contributed by atoms with Crippen LogP contribution in [0.1, 0.15) is 58.6 Å². The lowest BCUT2D eigenvalue weighted by Gasteiger charge is -2.30. The molecule has 0 spiro atoms. The maximum atomic E-state index is 5.73. The second-order valence-corrected chi connectivity index (χ2v) is 7.33. The van der Waals surface area contributed by atoms with Crippen molar-refractivity contribution in [1.29, 1.82) is 0 Å². The van der Waals surface area contributed by atoms with Gasteiger partial charge in [-0.3, -0.25) is 0 Å². The van der Waals surface area contributed by atoms with E-state index in [2.05, 4.69) is 52.5 Å². The van der Waals surface area contributed by atoms with Crippen molar-refractivity contribution in [2.24, 2.45) is 0 Å². The molecule has 0 heterocycles. The molecule has 1 nitrogen and oxygen atoms in total. The van der Waals surface area contributed by atoms with E-state index in [0.717, 1.165) is 44.7 Å². The molecule has 1 aromatic carbocycles. The fourth-order valence-electron chi connectivity index (χ4n) is 3.47. The van der Waals surface area contributed by atoms with Gasteiger partial charge in [0.2, 0.25) is 0 Å². The van der Waals surface area contributed by atoms with Gasteiger partial charge in [0.15, 0.2) is 0 Å². The summed E-state index contributed by atoms with van der Waals surface area (Å²) in [6.45, 7) is 25.1. The van der Waals surface area contributed by atoms with Crippen molar-refractivity contribution >= 4 is 0 Å². The van der Waals surface area contributed by atoms with E-state index >= 15 is 0 Å². The Labute approximate surface area is 165 Å². The van der Waals surface area contributed by atoms with Crippen molar-refractivity contribution in [1.82, 2.24) is 0 Å². The molecule has 0 bridgehead atoms. The van der Waals surface area contributed by atoms with Crippen molar-refractivity contribution in [3.8, 4) is 18.1 Å². The van der Waals surface area contributed by atoms with Gasteiger partial charge in [-0.2, -0.15) is 0 Å². The van der Waals surface area contributed by atoms with Gasteiger partial charge in [0.25, 0.3) is 0 Å². The normalized spacial score (nSPS) is 12.4. The predicted molar refractivity (Wildman–Crippen MR) is 119 cm³/mol. The molecule has 27 heavy (non-hydrogen) atoms. The van der Waals surface area contributed by atoms with Gasteiger partial charge < -0.3 is 4.74 Å². The van der Waals surface area contributed by atoms with Crippen LogP contribution in [0.4, 0.5) is 0 Å². The van der Waals surface area contributed by atoms with Crippen LogP contribution >= 0.6 is 0 Å². The van der Waals surface area contributed by atoms with E-state index < -0.39 is 0 Å². The van der Waals surface area contributed by atoms with Crippen molar-refractivity contribution in [2.75, 3.05) is 7.11 Å². The lowest BCUT2D eigenvalue weighted by Crippen LogP contribution is -2.13. The third-order valence-corrected chi connectivity index (χ3v) is 4.79. The van der Waals surface area contributed by atoms with Crippen LogP contribution in [0.3, 0.4) is 0 Å². The third kappa shape index (κ3) is 4.92. The Balaban J connectivity index is 4.05. The zero-order chi connectivity index (χ0) is 20.9. The van der Waals surface area contributed by atoms with Crippen LogP contribution < -0.4 is 4.74 Å². The van der Waals surface area contributed by atoms with Crippen LogP contribution in [0.15, 0.2) is 76.9 Å². The summed E-state index contributed by atoms with van der Waals surface area (Å²) >= 11 is 0. The molecule has 0 radical (unpaired) electrons. The number of methoxy groups -OCH3 is 1. The average molecular weight is 361 g/mol. The Hall–Kier alpha value is -2.72. The van der Waals surface area contributed by atoms with E-state index in [1.165, 1.54) is 11.1 Å². The van der Waals surface area contributed by atoms with Gasteiger partial charge in [0, 0.05) is 17.0 Å². The lowest BCUT2D eigenvalue weighted by molar-refractivity contribution is 0.408. The zero-order valence-electron chi connectivity index (χ0n) is 17.9. The number of benzene rings is 1. The number of terminal acetylenes is 1. The van der Waals surface area contributed by atoms with Gasteiger partial charge in [-0.15, -0.1) is 6.42 Å². The van der Waals surface area contributed by atoms with Gasteiger partial charge in [-0.05, 0) is 70.4 Å². The number of allylic oxidation sites excluding steroid dienone is 7. The highest BCUT2D eigenvalue weighted by Gasteiger charge is 2.28. The summed E-state index contributed by atoms with van der Waals surface area (Å²) in [7, 11) is 1.68. The summed E-state index contributed by atoms with van der Waals surface area (Å²) in [5.41, 5.74) is 9.57. The fraction of sp³-hybridized carbons (Fsp3) is 0.308. The monoisotopic (exact) mass is 360 g/mol. The Morgan fingerprint density at radius 2 is 1.48 bits per heavy atom. The van der Waals surface area contributed by atoms with Gasteiger partial charge >= 0.3 is 0 Å². The summed E-state index contributed by atoms with van der Waals surface area (Å²) in [6, 6.07) is 5.92. The molecule has 0 saturated carbocycles. The van der Waals surface area contributed by atoms with Crippen LogP contribution in [0, 0.1) is 12.3 Å². The lowest BCUT2D eigenvalue weighted by atomic mass is 9.75. The average Bonchev–Trinajstić information content (AvgIpc) is 2.59. The summed E-state index contributed by atoms with van der Waals surface area (Å²) in [5, 5.41) is 0. The quantitative estimate of drug-likeness (QED) is 0.371. The summed E-state index contributed by atoms with van der Waals surface area (Å²) < 4.78 is 5.73. The van der Waals surface area contributed by atoms with Crippen molar-refractivity contribution < 1.29 is 4.74 Å². The molecule has 1 unspecified atom stereocenters. The third-order valence-electron chi connectivity index (χ3n) is 4.79. The largest absolute Gasteiger partial charge is 0.496 e. The van der Waals surface area contributed by atoms with E-state index in [-0.39, 0.29) is 5.92 Å². The summed E-state index contributed by atoms with van der Waals surface area (Å²) in [4.78, 5) is 0. The smallest absolute Gasteiger partial charge is 0.124 e. The van der Waals surface area contributed by atoms with E-state index in [9.17, 15) is 0 Å². The van der Waals surface area contributed by atoms with Crippen LogP contribution in [0.5, 0.6) is 5.75 Å². The van der Waals surface area contributed by atoms with E-state index in [0.29, 0.717) is 0 Å². The minimum Gasteiger partial charge on any atom is -0.496 e. The highest BCUT2D eigenvalue weighted by Crippen LogP contribution is 2.45. The standard InChI is InChI=1S/C26H32O/c1-12-21-13-14-22(23(15-21)27-11)26(24(17(4)5)18(6)7)25(19(8)9)20(10)16(2)3/h1,13-15,26H,2,4,8H2,3,5-7,9-11H3/b25-20+. The number of ether oxygens (including phenoxy) is 1. The molecule has 0 aliphatic rings. The molecule has 1 heteroatoms. The minimum absolute atomic E-state index is 0.0523. The molecular formula is C26H32O.